The largest absolute Gasteiger partial charge is 0.367 e. The molecule has 1 aromatic carbocycles. The third-order valence-corrected chi connectivity index (χ3v) is 5.44. The summed E-state index contributed by atoms with van der Waals surface area (Å²) in [5.74, 6) is 1.80. The molecule has 0 saturated carbocycles. The van der Waals surface area contributed by atoms with Gasteiger partial charge in [0.2, 0.25) is 5.95 Å². The van der Waals surface area contributed by atoms with Gasteiger partial charge in [0.25, 0.3) is 0 Å². The minimum Gasteiger partial charge on any atom is -0.367 e. The van der Waals surface area contributed by atoms with Crippen LogP contribution in [0.3, 0.4) is 0 Å². The third-order valence-electron chi connectivity index (χ3n) is 3.72. The van der Waals surface area contributed by atoms with Crippen molar-refractivity contribution < 1.29 is 8.42 Å². The van der Waals surface area contributed by atoms with Crippen molar-refractivity contribution in [1.29, 1.82) is 0 Å². The van der Waals surface area contributed by atoms with Crippen molar-refractivity contribution in [2.45, 2.75) is 18.9 Å². The number of aromatic nitrogens is 2. The predicted molar refractivity (Wildman–Crippen MR) is 84.4 cm³/mol. The zero-order valence-corrected chi connectivity index (χ0v) is 12.7. The molecule has 3 rings (SSSR count). The lowest BCUT2D eigenvalue weighted by atomic mass is 10.1. The van der Waals surface area contributed by atoms with Gasteiger partial charge in [-0.3, -0.25) is 0 Å². The van der Waals surface area contributed by atoms with Gasteiger partial charge in [-0.25, -0.2) is 13.4 Å². The van der Waals surface area contributed by atoms with Crippen LogP contribution in [0.5, 0.6) is 0 Å². The Morgan fingerprint density at radius 3 is 2.57 bits per heavy atom. The van der Waals surface area contributed by atoms with Gasteiger partial charge in [0, 0.05) is 18.5 Å². The van der Waals surface area contributed by atoms with E-state index < -0.39 is 9.84 Å². The monoisotopic (exact) mass is 306 g/mol. The Hall–Kier alpha value is -1.89. The highest BCUT2D eigenvalue weighted by Gasteiger charge is 2.24. The van der Waals surface area contributed by atoms with Crippen molar-refractivity contribution in [3.8, 4) is 0 Å². The van der Waals surface area contributed by atoms with E-state index in [-0.39, 0.29) is 17.5 Å². The maximum absolute atomic E-state index is 11.5. The van der Waals surface area contributed by atoms with Crippen LogP contribution in [0.1, 0.15) is 12.8 Å². The first kappa shape index (κ1) is 14.1. The van der Waals surface area contributed by atoms with Crippen molar-refractivity contribution >= 4 is 32.5 Å². The Morgan fingerprint density at radius 2 is 1.86 bits per heavy atom. The normalized spacial score (nSPS) is 18.5. The first-order valence-corrected chi connectivity index (χ1v) is 8.81. The number of nitrogens with one attached hydrogen (secondary N) is 2. The Balaban J connectivity index is 1.89. The molecule has 1 fully saturated rings. The van der Waals surface area contributed by atoms with Crippen LogP contribution in [-0.2, 0) is 9.84 Å². The molecule has 0 spiro atoms. The molecular weight excluding hydrogens is 288 g/mol. The summed E-state index contributed by atoms with van der Waals surface area (Å²) in [6.45, 7) is 0. The fourth-order valence-electron chi connectivity index (χ4n) is 2.53. The van der Waals surface area contributed by atoms with E-state index in [0.29, 0.717) is 18.8 Å². The highest BCUT2D eigenvalue weighted by atomic mass is 32.2. The Kier molecular flexibility index (Phi) is 3.67. The van der Waals surface area contributed by atoms with Crippen LogP contribution in [-0.4, -0.2) is 43.0 Å². The van der Waals surface area contributed by atoms with Crippen LogP contribution < -0.4 is 10.6 Å². The molecule has 1 aliphatic rings. The third kappa shape index (κ3) is 3.07. The molecule has 2 aromatic rings. The molecule has 0 radical (unpaired) electrons. The summed E-state index contributed by atoms with van der Waals surface area (Å²) in [5.41, 5.74) is 0.864. The number of benzene rings is 1. The number of hydrogen-bond acceptors (Lipinski definition) is 6. The Labute approximate surface area is 123 Å². The standard InChI is InChI=1S/C14H18N4O2S/c1-15-14-17-12-5-3-2-4-11(12)13(18-14)16-10-6-8-21(19,20)9-7-10/h2-5,10H,6-9H2,1H3,(H2,15,16,17,18). The van der Waals surface area contributed by atoms with Gasteiger partial charge in [-0.15, -0.1) is 0 Å². The van der Waals surface area contributed by atoms with Gasteiger partial charge < -0.3 is 10.6 Å². The number of hydrogen-bond donors (Lipinski definition) is 2. The van der Waals surface area contributed by atoms with Crippen LogP contribution in [0, 0.1) is 0 Å². The SMILES string of the molecule is CNc1nc(NC2CCS(=O)(=O)CC2)c2ccccc2n1. The summed E-state index contributed by atoms with van der Waals surface area (Å²) >= 11 is 0. The highest BCUT2D eigenvalue weighted by Crippen LogP contribution is 2.24. The summed E-state index contributed by atoms with van der Waals surface area (Å²) in [6, 6.07) is 7.93. The number of para-hydroxylation sites is 1. The lowest BCUT2D eigenvalue weighted by molar-refractivity contribution is 0.559. The molecule has 7 heteroatoms. The topological polar surface area (TPSA) is 84.0 Å². The zero-order valence-electron chi connectivity index (χ0n) is 11.8. The summed E-state index contributed by atoms with van der Waals surface area (Å²) < 4.78 is 23.0. The number of rotatable bonds is 3. The Bertz CT molecular complexity index is 747. The van der Waals surface area contributed by atoms with E-state index >= 15 is 0 Å². The van der Waals surface area contributed by atoms with Gasteiger partial charge in [-0.05, 0) is 25.0 Å². The molecule has 1 saturated heterocycles. The number of nitrogens with zero attached hydrogens (tertiary/aromatic N) is 2. The van der Waals surface area contributed by atoms with Crippen LogP contribution in [0.4, 0.5) is 11.8 Å². The maximum Gasteiger partial charge on any atom is 0.224 e. The summed E-state index contributed by atoms with van der Waals surface area (Å²) in [5, 5.41) is 7.28. The minimum absolute atomic E-state index is 0.136. The van der Waals surface area contributed by atoms with Crippen molar-refractivity contribution in [3.63, 3.8) is 0 Å². The van der Waals surface area contributed by atoms with Crippen LogP contribution in [0.15, 0.2) is 24.3 Å². The lowest BCUT2D eigenvalue weighted by Gasteiger charge is -2.24. The van der Waals surface area contributed by atoms with Gasteiger partial charge in [-0.1, -0.05) is 12.1 Å². The Morgan fingerprint density at radius 1 is 1.14 bits per heavy atom. The summed E-state index contributed by atoms with van der Waals surface area (Å²) in [7, 11) is -1.07. The zero-order chi connectivity index (χ0) is 14.9. The quantitative estimate of drug-likeness (QED) is 0.897. The average Bonchev–Trinajstić information content (AvgIpc) is 2.49. The highest BCUT2D eigenvalue weighted by molar-refractivity contribution is 7.91. The fraction of sp³-hybridized carbons (Fsp3) is 0.429. The molecule has 2 heterocycles. The number of sulfone groups is 1. The maximum atomic E-state index is 11.5. The van der Waals surface area contributed by atoms with Gasteiger partial charge in [0.1, 0.15) is 15.7 Å². The molecule has 1 aliphatic heterocycles. The van der Waals surface area contributed by atoms with E-state index in [4.69, 9.17) is 0 Å². The fourth-order valence-corrected chi connectivity index (χ4v) is 4.02. The summed E-state index contributed by atoms with van der Waals surface area (Å²) in [4.78, 5) is 8.88. The van der Waals surface area contributed by atoms with Gasteiger partial charge in [0.05, 0.1) is 17.0 Å². The van der Waals surface area contributed by atoms with Crippen LogP contribution >= 0.6 is 0 Å². The van der Waals surface area contributed by atoms with Gasteiger partial charge in [-0.2, -0.15) is 4.98 Å². The molecule has 0 aliphatic carbocycles. The second-order valence-corrected chi connectivity index (χ2v) is 7.54. The van der Waals surface area contributed by atoms with Gasteiger partial charge in [0.15, 0.2) is 0 Å². The van der Waals surface area contributed by atoms with Crippen molar-refractivity contribution in [1.82, 2.24) is 9.97 Å². The molecule has 6 nitrogen and oxygen atoms in total. The molecule has 0 amide bonds. The number of fused-ring (bicyclic) bond motifs is 1. The molecular formula is C14H18N4O2S. The molecule has 0 bridgehead atoms. The first-order chi connectivity index (χ1) is 10.1. The minimum atomic E-state index is -2.85. The van der Waals surface area contributed by atoms with Gasteiger partial charge >= 0.3 is 0 Å². The molecule has 21 heavy (non-hydrogen) atoms. The molecule has 0 unspecified atom stereocenters. The van der Waals surface area contributed by atoms with Crippen LogP contribution in [0.2, 0.25) is 0 Å². The molecule has 2 N–H and O–H groups in total. The molecule has 0 atom stereocenters. The van der Waals surface area contributed by atoms with E-state index in [0.717, 1.165) is 16.7 Å². The smallest absolute Gasteiger partial charge is 0.224 e. The predicted octanol–water partition coefficient (Wildman–Crippen LogP) is 1.66. The number of anilines is 2. The van der Waals surface area contributed by atoms with Crippen molar-refractivity contribution in [2.24, 2.45) is 0 Å². The molecule has 112 valence electrons. The van der Waals surface area contributed by atoms with E-state index in [2.05, 4.69) is 20.6 Å². The lowest BCUT2D eigenvalue weighted by Crippen LogP contribution is -2.32. The van der Waals surface area contributed by atoms with Crippen molar-refractivity contribution in [3.05, 3.63) is 24.3 Å². The first-order valence-electron chi connectivity index (χ1n) is 6.99. The van der Waals surface area contributed by atoms with E-state index in [1.165, 1.54) is 0 Å². The second kappa shape index (κ2) is 5.48. The second-order valence-electron chi connectivity index (χ2n) is 5.23. The van der Waals surface area contributed by atoms with E-state index in [1.54, 1.807) is 7.05 Å². The van der Waals surface area contributed by atoms with Crippen LogP contribution in [0.25, 0.3) is 10.9 Å². The van der Waals surface area contributed by atoms with E-state index in [9.17, 15) is 8.42 Å². The summed E-state index contributed by atoms with van der Waals surface area (Å²) in [6.07, 6.45) is 1.24. The van der Waals surface area contributed by atoms with Crippen molar-refractivity contribution in [2.75, 3.05) is 29.2 Å². The molecule has 1 aromatic heterocycles. The van der Waals surface area contributed by atoms with E-state index in [1.807, 2.05) is 24.3 Å². The average molecular weight is 306 g/mol.